The van der Waals surface area contributed by atoms with Crippen molar-refractivity contribution in [2.75, 3.05) is 48.7 Å². The lowest BCUT2D eigenvalue weighted by atomic mass is 10.3. The molecule has 0 saturated carbocycles. The lowest BCUT2D eigenvalue weighted by Crippen LogP contribution is -2.24. The van der Waals surface area contributed by atoms with Crippen molar-refractivity contribution in [1.29, 1.82) is 0 Å². The molecule has 0 aromatic carbocycles. The fourth-order valence-corrected chi connectivity index (χ4v) is 2.11. The molecule has 1 aromatic rings. The van der Waals surface area contributed by atoms with E-state index in [0.29, 0.717) is 23.9 Å². The molecule has 1 unspecified atom stereocenters. The minimum atomic E-state index is 0.377. The van der Waals surface area contributed by atoms with Crippen molar-refractivity contribution in [2.45, 2.75) is 19.4 Å². The number of hydrogen-bond acceptors (Lipinski definition) is 7. The summed E-state index contributed by atoms with van der Waals surface area (Å²) in [6, 6.07) is 0.377. The highest BCUT2D eigenvalue weighted by Gasteiger charge is 2.11. The van der Waals surface area contributed by atoms with Crippen LogP contribution in [0.25, 0.3) is 0 Å². The van der Waals surface area contributed by atoms with Crippen molar-refractivity contribution in [3.63, 3.8) is 0 Å². The number of anilines is 3. The molecule has 0 fully saturated rings. The molecule has 102 valence electrons. The summed E-state index contributed by atoms with van der Waals surface area (Å²) >= 11 is 1.81. The maximum atomic E-state index is 4.39. The molecular formula is C11H22N6S. The molecule has 6 nitrogen and oxygen atoms in total. The second-order valence-electron chi connectivity index (χ2n) is 4.13. The van der Waals surface area contributed by atoms with Gasteiger partial charge in [-0.05, 0) is 12.7 Å². The van der Waals surface area contributed by atoms with Gasteiger partial charge in [0, 0.05) is 32.9 Å². The second kappa shape index (κ2) is 7.25. The van der Waals surface area contributed by atoms with Gasteiger partial charge in [-0.25, -0.2) is 0 Å². The first-order valence-electron chi connectivity index (χ1n) is 5.97. The summed E-state index contributed by atoms with van der Waals surface area (Å²) in [5, 5.41) is 6.30. The molecule has 18 heavy (non-hydrogen) atoms. The van der Waals surface area contributed by atoms with E-state index in [4.69, 9.17) is 0 Å². The largest absolute Gasteiger partial charge is 0.357 e. The fourth-order valence-electron chi connectivity index (χ4n) is 1.39. The lowest BCUT2D eigenvalue weighted by Gasteiger charge is -2.18. The molecule has 1 aromatic heterocycles. The van der Waals surface area contributed by atoms with Gasteiger partial charge in [-0.2, -0.15) is 26.7 Å². The highest BCUT2D eigenvalue weighted by molar-refractivity contribution is 7.98. The summed E-state index contributed by atoms with van der Waals surface area (Å²) in [6.45, 7) is 2.15. The van der Waals surface area contributed by atoms with Crippen molar-refractivity contribution in [1.82, 2.24) is 15.0 Å². The molecule has 0 radical (unpaired) electrons. The minimum Gasteiger partial charge on any atom is -0.357 e. The van der Waals surface area contributed by atoms with Crippen molar-refractivity contribution in [3.8, 4) is 0 Å². The number of nitrogens with zero attached hydrogens (tertiary/aromatic N) is 4. The van der Waals surface area contributed by atoms with E-state index in [0.717, 1.165) is 12.2 Å². The Balaban J connectivity index is 2.89. The number of rotatable bonds is 7. The molecule has 2 N–H and O–H groups in total. The Labute approximate surface area is 113 Å². The van der Waals surface area contributed by atoms with Crippen molar-refractivity contribution in [3.05, 3.63) is 0 Å². The number of hydrogen-bond donors (Lipinski definition) is 2. The molecule has 7 heteroatoms. The van der Waals surface area contributed by atoms with Gasteiger partial charge in [-0.15, -0.1) is 0 Å². The smallest absolute Gasteiger partial charge is 0.231 e. The predicted octanol–water partition coefficient (Wildman–Crippen LogP) is 1.53. The first kappa shape index (κ1) is 14.8. The monoisotopic (exact) mass is 270 g/mol. The van der Waals surface area contributed by atoms with Crippen LogP contribution in [0.5, 0.6) is 0 Å². The first-order chi connectivity index (χ1) is 8.60. The zero-order valence-corrected chi connectivity index (χ0v) is 12.5. The topological polar surface area (TPSA) is 66.0 Å². The molecule has 1 atom stereocenters. The quantitative estimate of drug-likeness (QED) is 0.779. The van der Waals surface area contributed by atoms with Crippen LogP contribution in [0.15, 0.2) is 0 Å². The summed E-state index contributed by atoms with van der Waals surface area (Å²) in [5.41, 5.74) is 0. The van der Waals surface area contributed by atoms with Crippen LogP contribution in [-0.4, -0.2) is 54.1 Å². The normalized spacial score (nSPS) is 12.1. The number of thioether (sulfide) groups is 1. The summed E-state index contributed by atoms with van der Waals surface area (Å²) in [5.74, 6) is 2.89. The van der Waals surface area contributed by atoms with Gasteiger partial charge in [0.1, 0.15) is 0 Å². The van der Waals surface area contributed by atoms with Crippen LogP contribution in [0.3, 0.4) is 0 Å². The van der Waals surface area contributed by atoms with Gasteiger partial charge in [0.25, 0.3) is 0 Å². The molecule has 1 heterocycles. The van der Waals surface area contributed by atoms with E-state index < -0.39 is 0 Å². The average molecular weight is 270 g/mol. The van der Waals surface area contributed by atoms with E-state index in [1.165, 1.54) is 0 Å². The molecule has 0 amide bonds. The number of aromatic nitrogens is 3. The molecule has 0 spiro atoms. The van der Waals surface area contributed by atoms with Crippen LogP contribution < -0.4 is 15.5 Å². The maximum Gasteiger partial charge on any atom is 0.231 e. The zero-order chi connectivity index (χ0) is 13.5. The van der Waals surface area contributed by atoms with Gasteiger partial charge in [0.2, 0.25) is 17.8 Å². The third-order valence-corrected chi connectivity index (χ3v) is 3.18. The van der Waals surface area contributed by atoms with Crippen LogP contribution in [0, 0.1) is 0 Å². The Bertz CT molecular complexity index is 371. The van der Waals surface area contributed by atoms with Gasteiger partial charge in [0.05, 0.1) is 0 Å². The Morgan fingerprint density at radius 1 is 1.22 bits per heavy atom. The third-order valence-electron chi connectivity index (χ3n) is 2.44. The second-order valence-corrected chi connectivity index (χ2v) is 5.04. The van der Waals surface area contributed by atoms with E-state index in [-0.39, 0.29) is 0 Å². The van der Waals surface area contributed by atoms with Gasteiger partial charge < -0.3 is 15.5 Å². The summed E-state index contributed by atoms with van der Waals surface area (Å²) in [4.78, 5) is 14.9. The van der Waals surface area contributed by atoms with E-state index in [2.05, 4.69) is 38.8 Å². The van der Waals surface area contributed by atoms with Gasteiger partial charge in [0.15, 0.2) is 0 Å². The average Bonchev–Trinajstić information content (AvgIpc) is 2.37. The Kier molecular flexibility index (Phi) is 5.97. The highest BCUT2D eigenvalue weighted by atomic mass is 32.2. The summed E-state index contributed by atoms with van der Waals surface area (Å²) in [6.07, 6.45) is 3.14. The summed E-state index contributed by atoms with van der Waals surface area (Å²) in [7, 11) is 5.63. The van der Waals surface area contributed by atoms with Crippen LogP contribution in [0.2, 0.25) is 0 Å². The van der Waals surface area contributed by atoms with Gasteiger partial charge in [-0.1, -0.05) is 6.92 Å². The fraction of sp³-hybridized carbons (Fsp3) is 0.727. The lowest BCUT2D eigenvalue weighted by molar-refractivity contribution is 0.760. The van der Waals surface area contributed by atoms with Gasteiger partial charge in [-0.3, -0.25) is 0 Å². The van der Waals surface area contributed by atoms with Gasteiger partial charge >= 0.3 is 0 Å². The standard InChI is InChI=1S/C11H22N6S/c1-6-8(7-18-5)13-10-14-9(12-2)15-11(16-10)17(3)4/h8H,6-7H2,1-5H3,(H2,12,13,14,15,16). The molecule has 0 aliphatic rings. The van der Waals surface area contributed by atoms with E-state index in [1.54, 1.807) is 7.05 Å². The van der Waals surface area contributed by atoms with E-state index >= 15 is 0 Å². The third kappa shape index (κ3) is 4.21. The number of nitrogens with one attached hydrogen (secondary N) is 2. The Hall–Kier alpha value is -1.24. The Morgan fingerprint density at radius 3 is 2.39 bits per heavy atom. The van der Waals surface area contributed by atoms with Crippen molar-refractivity contribution >= 4 is 29.6 Å². The first-order valence-corrected chi connectivity index (χ1v) is 7.36. The maximum absolute atomic E-state index is 4.39. The molecule has 0 aliphatic heterocycles. The SMILES string of the molecule is CCC(CSC)Nc1nc(NC)nc(N(C)C)n1. The molecular weight excluding hydrogens is 248 g/mol. The minimum absolute atomic E-state index is 0.377. The van der Waals surface area contributed by atoms with Crippen LogP contribution in [-0.2, 0) is 0 Å². The van der Waals surface area contributed by atoms with Crippen molar-refractivity contribution < 1.29 is 0 Å². The van der Waals surface area contributed by atoms with E-state index in [9.17, 15) is 0 Å². The zero-order valence-electron chi connectivity index (χ0n) is 11.7. The van der Waals surface area contributed by atoms with Crippen LogP contribution in [0.4, 0.5) is 17.8 Å². The molecule has 0 aliphatic carbocycles. The molecule has 0 bridgehead atoms. The van der Waals surface area contributed by atoms with E-state index in [1.807, 2.05) is 30.8 Å². The molecule has 0 saturated heterocycles. The van der Waals surface area contributed by atoms with Crippen LogP contribution in [0.1, 0.15) is 13.3 Å². The molecule has 1 rings (SSSR count). The van der Waals surface area contributed by atoms with Crippen LogP contribution >= 0.6 is 11.8 Å². The van der Waals surface area contributed by atoms with Crippen molar-refractivity contribution in [2.24, 2.45) is 0 Å². The summed E-state index contributed by atoms with van der Waals surface area (Å²) < 4.78 is 0. The highest BCUT2D eigenvalue weighted by Crippen LogP contribution is 2.13. The predicted molar refractivity (Wildman–Crippen MR) is 79.8 cm³/mol. The Morgan fingerprint density at radius 2 is 1.89 bits per heavy atom.